The van der Waals surface area contributed by atoms with E-state index >= 15 is 0 Å². The number of carbonyl (C=O) groups excluding carboxylic acids is 1. The second-order valence-electron chi connectivity index (χ2n) is 3.29. The minimum absolute atomic E-state index is 0.0545. The molecule has 0 saturated carbocycles. The maximum atomic E-state index is 11.3. The highest BCUT2D eigenvalue weighted by atomic mass is 32.2. The lowest BCUT2D eigenvalue weighted by Crippen LogP contribution is -2.23. The minimum Gasteiger partial charge on any atom is -0.395 e. The summed E-state index contributed by atoms with van der Waals surface area (Å²) in [6.07, 6.45) is 2.40. The molecule has 3 nitrogen and oxygen atoms in total. The molecule has 0 spiro atoms. The van der Waals surface area contributed by atoms with Crippen molar-refractivity contribution in [3.63, 3.8) is 0 Å². The van der Waals surface area contributed by atoms with Gasteiger partial charge in [-0.1, -0.05) is 11.8 Å². The molecule has 0 aliphatic heterocycles. The van der Waals surface area contributed by atoms with Crippen molar-refractivity contribution >= 4 is 29.0 Å². The monoisotopic (exact) mass is 269 g/mol. The fraction of sp³-hybridized carbons (Fsp3) is 0.417. The van der Waals surface area contributed by atoms with E-state index in [0.29, 0.717) is 18.7 Å². The first-order valence-corrected chi connectivity index (χ1v) is 7.46. The molecule has 0 unspecified atom stereocenters. The molecular formula is C12H15NO2S2. The zero-order valence-corrected chi connectivity index (χ0v) is 11.3. The topological polar surface area (TPSA) is 49.3 Å². The summed E-state index contributed by atoms with van der Waals surface area (Å²) in [4.78, 5) is 12.3. The highest BCUT2D eigenvalue weighted by molar-refractivity contribution is 7.99. The number of thioether (sulfide) groups is 1. The summed E-state index contributed by atoms with van der Waals surface area (Å²) >= 11 is 3.09. The van der Waals surface area contributed by atoms with Crippen LogP contribution in [0.5, 0.6) is 0 Å². The van der Waals surface area contributed by atoms with Gasteiger partial charge in [0.2, 0.25) is 5.91 Å². The molecule has 92 valence electrons. The van der Waals surface area contributed by atoms with Gasteiger partial charge in [-0.15, -0.1) is 11.3 Å². The number of rotatable bonds is 5. The lowest BCUT2D eigenvalue weighted by molar-refractivity contribution is -0.118. The van der Waals surface area contributed by atoms with E-state index in [1.54, 1.807) is 11.3 Å². The fourth-order valence-electron chi connectivity index (χ4n) is 1.13. The van der Waals surface area contributed by atoms with Crippen molar-refractivity contribution in [3.05, 3.63) is 21.9 Å². The Morgan fingerprint density at radius 1 is 1.65 bits per heavy atom. The Hall–Kier alpha value is -0.960. The summed E-state index contributed by atoms with van der Waals surface area (Å²) in [6.45, 7) is 0.653. The second kappa shape index (κ2) is 8.18. The SMILES string of the molecule is CSCC(=O)NCc1cc(C#CCCO)cs1. The van der Waals surface area contributed by atoms with Crippen LogP contribution >= 0.6 is 23.1 Å². The van der Waals surface area contributed by atoms with Crippen molar-refractivity contribution in [2.45, 2.75) is 13.0 Å². The van der Waals surface area contributed by atoms with Crippen LogP contribution in [0.3, 0.4) is 0 Å². The van der Waals surface area contributed by atoms with Crippen LogP contribution in [0.2, 0.25) is 0 Å². The Morgan fingerprint density at radius 3 is 3.18 bits per heavy atom. The molecule has 0 aliphatic rings. The van der Waals surface area contributed by atoms with E-state index in [1.165, 1.54) is 11.8 Å². The van der Waals surface area contributed by atoms with Gasteiger partial charge in [0, 0.05) is 22.2 Å². The number of hydrogen-bond acceptors (Lipinski definition) is 4. The summed E-state index contributed by atoms with van der Waals surface area (Å²) in [7, 11) is 0. The van der Waals surface area contributed by atoms with Crippen LogP contribution in [0, 0.1) is 11.8 Å². The molecule has 0 radical (unpaired) electrons. The van der Waals surface area contributed by atoms with E-state index in [1.807, 2.05) is 17.7 Å². The first kappa shape index (κ1) is 14.1. The molecule has 1 aromatic rings. The summed E-state index contributed by atoms with van der Waals surface area (Å²) in [5.74, 6) is 6.38. The minimum atomic E-state index is 0.0545. The maximum Gasteiger partial charge on any atom is 0.230 e. The third-order valence-corrected chi connectivity index (χ3v) is 3.35. The van der Waals surface area contributed by atoms with Gasteiger partial charge in [-0.3, -0.25) is 4.79 Å². The molecule has 5 heteroatoms. The number of amides is 1. The van der Waals surface area contributed by atoms with E-state index in [4.69, 9.17) is 5.11 Å². The van der Waals surface area contributed by atoms with Gasteiger partial charge in [-0.05, 0) is 12.3 Å². The second-order valence-corrected chi connectivity index (χ2v) is 5.15. The van der Waals surface area contributed by atoms with Crippen molar-refractivity contribution in [1.29, 1.82) is 0 Å². The highest BCUT2D eigenvalue weighted by Crippen LogP contribution is 2.13. The first-order chi connectivity index (χ1) is 8.26. The van der Waals surface area contributed by atoms with Crippen molar-refractivity contribution in [3.8, 4) is 11.8 Å². The highest BCUT2D eigenvalue weighted by Gasteiger charge is 2.01. The number of hydrogen-bond donors (Lipinski definition) is 2. The zero-order valence-electron chi connectivity index (χ0n) is 9.66. The van der Waals surface area contributed by atoms with E-state index in [9.17, 15) is 4.79 Å². The van der Waals surface area contributed by atoms with Crippen LogP contribution in [0.25, 0.3) is 0 Å². The van der Waals surface area contributed by atoms with Crippen LogP contribution in [-0.4, -0.2) is 29.6 Å². The standard InChI is InChI=1S/C12H15NO2S2/c1-16-9-12(15)13-7-11-6-10(8-17-11)4-2-3-5-14/h6,8,14H,3,5,7,9H2,1H3,(H,13,15). The van der Waals surface area contributed by atoms with Crippen molar-refractivity contribution in [2.75, 3.05) is 18.6 Å². The van der Waals surface area contributed by atoms with Gasteiger partial charge in [0.15, 0.2) is 0 Å². The van der Waals surface area contributed by atoms with E-state index in [-0.39, 0.29) is 12.5 Å². The number of carbonyl (C=O) groups is 1. The lowest BCUT2D eigenvalue weighted by Gasteiger charge is -2.00. The van der Waals surface area contributed by atoms with Gasteiger partial charge in [0.05, 0.1) is 18.9 Å². The summed E-state index contributed by atoms with van der Waals surface area (Å²) < 4.78 is 0. The predicted octanol–water partition coefficient (Wildman–Crippen LogP) is 1.46. The average molecular weight is 269 g/mol. The number of aliphatic hydroxyl groups excluding tert-OH is 1. The Kier molecular flexibility index (Phi) is 6.78. The molecule has 17 heavy (non-hydrogen) atoms. The molecule has 1 heterocycles. The van der Waals surface area contributed by atoms with E-state index in [2.05, 4.69) is 17.2 Å². The van der Waals surface area contributed by atoms with Crippen LogP contribution in [-0.2, 0) is 11.3 Å². The molecule has 0 saturated heterocycles. The molecule has 0 fully saturated rings. The molecule has 1 amide bonds. The molecule has 1 rings (SSSR count). The van der Waals surface area contributed by atoms with E-state index < -0.39 is 0 Å². The predicted molar refractivity (Wildman–Crippen MR) is 73.1 cm³/mol. The molecular weight excluding hydrogens is 254 g/mol. The van der Waals surface area contributed by atoms with Crippen molar-refractivity contribution in [1.82, 2.24) is 5.32 Å². The zero-order chi connectivity index (χ0) is 12.5. The van der Waals surface area contributed by atoms with Gasteiger partial charge in [0.25, 0.3) is 0 Å². The fourth-order valence-corrected chi connectivity index (χ4v) is 2.25. The van der Waals surface area contributed by atoms with Gasteiger partial charge >= 0.3 is 0 Å². The molecule has 0 bridgehead atoms. The summed E-state index contributed by atoms with van der Waals surface area (Å²) in [5, 5.41) is 13.4. The molecule has 0 aliphatic carbocycles. The van der Waals surface area contributed by atoms with Crippen molar-refractivity contribution < 1.29 is 9.90 Å². The van der Waals surface area contributed by atoms with Crippen LogP contribution in [0.15, 0.2) is 11.4 Å². The summed E-state index contributed by atoms with van der Waals surface area (Å²) in [6, 6.07) is 1.97. The van der Waals surface area contributed by atoms with Gasteiger partial charge < -0.3 is 10.4 Å². The Labute approximate surface area is 110 Å². The first-order valence-electron chi connectivity index (χ1n) is 5.19. The smallest absolute Gasteiger partial charge is 0.230 e. The number of thiophene rings is 1. The van der Waals surface area contributed by atoms with Gasteiger partial charge in [0.1, 0.15) is 0 Å². The number of nitrogens with one attached hydrogen (secondary N) is 1. The molecule has 2 N–H and O–H groups in total. The molecule has 0 atom stereocenters. The quantitative estimate of drug-likeness (QED) is 0.796. The van der Waals surface area contributed by atoms with Crippen LogP contribution in [0.1, 0.15) is 16.9 Å². The average Bonchev–Trinajstić information content (AvgIpc) is 2.75. The largest absolute Gasteiger partial charge is 0.395 e. The Balaban J connectivity index is 2.41. The lowest BCUT2D eigenvalue weighted by atomic mass is 10.3. The van der Waals surface area contributed by atoms with Crippen molar-refractivity contribution in [2.24, 2.45) is 0 Å². The Bertz CT molecular complexity index is 418. The molecule has 0 aromatic carbocycles. The number of aliphatic hydroxyl groups is 1. The maximum absolute atomic E-state index is 11.3. The third-order valence-electron chi connectivity index (χ3n) is 1.86. The third kappa shape index (κ3) is 5.78. The van der Waals surface area contributed by atoms with Gasteiger partial charge in [-0.2, -0.15) is 11.8 Å². The van der Waals surface area contributed by atoms with Crippen LogP contribution in [0.4, 0.5) is 0 Å². The van der Waals surface area contributed by atoms with E-state index in [0.717, 1.165) is 10.4 Å². The van der Waals surface area contributed by atoms with Crippen LogP contribution < -0.4 is 5.32 Å². The normalized spacial score (nSPS) is 9.53. The van der Waals surface area contributed by atoms with Gasteiger partial charge in [-0.25, -0.2) is 0 Å². The summed E-state index contributed by atoms with van der Waals surface area (Å²) in [5.41, 5.74) is 0.942. The Morgan fingerprint density at radius 2 is 2.47 bits per heavy atom. The molecule has 1 aromatic heterocycles.